The fourth-order valence-electron chi connectivity index (χ4n) is 2.03. The van der Waals surface area contributed by atoms with E-state index in [0.717, 1.165) is 30.9 Å². The monoisotopic (exact) mass is 278 g/mol. The second-order valence-corrected chi connectivity index (χ2v) is 5.08. The van der Waals surface area contributed by atoms with Crippen LogP contribution in [0.1, 0.15) is 17.8 Å². The molecule has 0 aliphatic rings. The van der Waals surface area contributed by atoms with Crippen molar-refractivity contribution in [3.63, 3.8) is 0 Å². The van der Waals surface area contributed by atoms with Crippen molar-refractivity contribution in [1.29, 1.82) is 0 Å². The number of anilines is 2. The van der Waals surface area contributed by atoms with Gasteiger partial charge in [-0.05, 0) is 44.5 Å². The minimum Gasteiger partial charge on any atom is -0.399 e. The molecule has 0 spiro atoms. The maximum Gasteiger partial charge on any atom is 0.0657 e. The molecule has 0 unspecified atom stereocenters. The quantitative estimate of drug-likeness (QED) is 0.652. The number of hydrogen-bond acceptors (Lipinski definition) is 3. The van der Waals surface area contributed by atoms with Crippen LogP contribution in [0.25, 0.3) is 0 Å². The molecule has 1 aromatic heterocycles. The first-order chi connectivity index (χ1) is 9.06. The summed E-state index contributed by atoms with van der Waals surface area (Å²) < 4.78 is 2.03. The molecule has 2 aromatic rings. The van der Waals surface area contributed by atoms with E-state index in [1.165, 1.54) is 5.69 Å². The largest absolute Gasteiger partial charge is 0.399 e. The number of aryl methyl sites for hydroxylation is 3. The van der Waals surface area contributed by atoms with E-state index in [2.05, 4.69) is 23.4 Å². The maximum atomic E-state index is 6.09. The maximum absolute atomic E-state index is 6.09. The number of nitrogen functional groups attached to an aromatic ring is 1. The van der Waals surface area contributed by atoms with Crippen molar-refractivity contribution in [2.45, 2.75) is 26.8 Å². The van der Waals surface area contributed by atoms with Crippen LogP contribution < -0.4 is 11.1 Å². The first-order valence-corrected chi connectivity index (χ1v) is 6.74. The zero-order chi connectivity index (χ0) is 13.8. The van der Waals surface area contributed by atoms with Gasteiger partial charge >= 0.3 is 0 Å². The van der Waals surface area contributed by atoms with E-state index < -0.39 is 0 Å². The first kappa shape index (κ1) is 13.7. The summed E-state index contributed by atoms with van der Waals surface area (Å²) in [5, 5.41) is 8.40. The predicted octanol–water partition coefficient (Wildman–Crippen LogP) is 3.24. The number of nitrogens with zero attached hydrogens (tertiary/aromatic N) is 2. The summed E-state index contributed by atoms with van der Waals surface area (Å²) >= 11 is 6.09. The third-order valence-electron chi connectivity index (χ3n) is 2.96. The molecule has 19 heavy (non-hydrogen) atoms. The average molecular weight is 279 g/mol. The van der Waals surface area contributed by atoms with Crippen molar-refractivity contribution in [2.24, 2.45) is 0 Å². The lowest BCUT2D eigenvalue weighted by atomic mass is 10.2. The Balaban J connectivity index is 1.82. The van der Waals surface area contributed by atoms with E-state index in [4.69, 9.17) is 17.3 Å². The van der Waals surface area contributed by atoms with Gasteiger partial charge in [0.1, 0.15) is 0 Å². The second kappa shape index (κ2) is 5.97. The Morgan fingerprint density at radius 3 is 2.74 bits per heavy atom. The summed E-state index contributed by atoms with van der Waals surface area (Å²) in [6.45, 7) is 5.83. The van der Waals surface area contributed by atoms with Gasteiger partial charge in [0, 0.05) is 24.5 Å². The molecule has 1 heterocycles. The molecule has 4 nitrogen and oxygen atoms in total. The second-order valence-electron chi connectivity index (χ2n) is 4.67. The van der Waals surface area contributed by atoms with Gasteiger partial charge in [0.2, 0.25) is 0 Å². The molecule has 102 valence electrons. The fraction of sp³-hybridized carbons (Fsp3) is 0.357. The van der Waals surface area contributed by atoms with Crippen LogP contribution in [0.4, 0.5) is 11.4 Å². The van der Waals surface area contributed by atoms with E-state index in [1.54, 1.807) is 6.07 Å². The molecule has 0 radical (unpaired) electrons. The molecule has 0 saturated heterocycles. The Labute approximate surface area is 118 Å². The predicted molar refractivity (Wildman–Crippen MR) is 80.7 cm³/mol. The van der Waals surface area contributed by atoms with Gasteiger partial charge in [-0.2, -0.15) is 5.10 Å². The molecule has 0 atom stereocenters. The molecule has 1 aromatic carbocycles. The summed E-state index contributed by atoms with van der Waals surface area (Å²) in [5.41, 5.74) is 9.51. The van der Waals surface area contributed by atoms with E-state index in [1.807, 2.05) is 23.7 Å². The van der Waals surface area contributed by atoms with Crippen molar-refractivity contribution in [3.8, 4) is 0 Å². The SMILES string of the molecule is Cc1cc(C)n(CCCNc2ccc(N)cc2Cl)n1. The number of rotatable bonds is 5. The van der Waals surface area contributed by atoms with Crippen LogP contribution in [0, 0.1) is 13.8 Å². The number of aromatic nitrogens is 2. The lowest BCUT2D eigenvalue weighted by Gasteiger charge is -2.09. The third kappa shape index (κ3) is 3.64. The Hall–Kier alpha value is -1.68. The van der Waals surface area contributed by atoms with E-state index in [9.17, 15) is 0 Å². The molecule has 0 fully saturated rings. The number of hydrogen-bond donors (Lipinski definition) is 2. The summed E-state index contributed by atoms with van der Waals surface area (Å²) in [5.74, 6) is 0. The molecule has 2 rings (SSSR count). The van der Waals surface area contributed by atoms with Gasteiger partial charge in [0.05, 0.1) is 16.4 Å². The first-order valence-electron chi connectivity index (χ1n) is 6.36. The van der Waals surface area contributed by atoms with Crippen LogP contribution in [0.3, 0.4) is 0 Å². The number of halogens is 1. The minimum atomic E-state index is 0.658. The standard InChI is InChI=1S/C14H19ClN4/c1-10-8-11(2)19(18-10)7-3-6-17-14-5-4-12(16)9-13(14)15/h4-5,8-9,17H,3,6-7,16H2,1-2H3. The van der Waals surface area contributed by atoms with Crippen LogP contribution in [-0.4, -0.2) is 16.3 Å². The van der Waals surface area contributed by atoms with E-state index >= 15 is 0 Å². The van der Waals surface area contributed by atoms with Crippen LogP contribution >= 0.6 is 11.6 Å². The third-order valence-corrected chi connectivity index (χ3v) is 3.27. The van der Waals surface area contributed by atoms with Crippen molar-refractivity contribution in [2.75, 3.05) is 17.6 Å². The molecule has 0 aliphatic heterocycles. The number of benzene rings is 1. The van der Waals surface area contributed by atoms with Gasteiger partial charge in [-0.1, -0.05) is 11.6 Å². The summed E-state index contributed by atoms with van der Waals surface area (Å²) in [4.78, 5) is 0. The molecular weight excluding hydrogens is 260 g/mol. The van der Waals surface area contributed by atoms with E-state index in [-0.39, 0.29) is 0 Å². The van der Waals surface area contributed by atoms with E-state index in [0.29, 0.717) is 10.7 Å². The van der Waals surface area contributed by atoms with Gasteiger partial charge in [-0.15, -0.1) is 0 Å². The summed E-state index contributed by atoms with van der Waals surface area (Å²) in [6, 6.07) is 7.59. The van der Waals surface area contributed by atoms with Crippen LogP contribution in [0.15, 0.2) is 24.3 Å². The lowest BCUT2D eigenvalue weighted by molar-refractivity contribution is 0.574. The van der Waals surface area contributed by atoms with Crippen LogP contribution in [-0.2, 0) is 6.54 Å². The Bertz CT molecular complexity index is 563. The molecular formula is C14H19ClN4. The van der Waals surface area contributed by atoms with Crippen LogP contribution in [0.2, 0.25) is 5.02 Å². The highest BCUT2D eigenvalue weighted by molar-refractivity contribution is 6.33. The fourth-order valence-corrected chi connectivity index (χ4v) is 2.28. The average Bonchev–Trinajstić information content (AvgIpc) is 2.65. The smallest absolute Gasteiger partial charge is 0.0657 e. The van der Waals surface area contributed by atoms with Gasteiger partial charge in [0.15, 0.2) is 0 Å². The molecule has 0 saturated carbocycles. The molecule has 0 amide bonds. The van der Waals surface area contributed by atoms with Gasteiger partial charge < -0.3 is 11.1 Å². The highest BCUT2D eigenvalue weighted by Crippen LogP contribution is 2.23. The zero-order valence-electron chi connectivity index (χ0n) is 11.3. The normalized spacial score (nSPS) is 10.7. The molecule has 0 bridgehead atoms. The summed E-state index contributed by atoms with van der Waals surface area (Å²) in [6.07, 6.45) is 0.989. The molecule has 3 N–H and O–H groups in total. The number of nitrogens with two attached hydrogens (primary N) is 1. The van der Waals surface area contributed by atoms with Crippen molar-refractivity contribution < 1.29 is 0 Å². The Morgan fingerprint density at radius 1 is 1.32 bits per heavy atom. The van der Waals surface area contributed by atoms with Gasteiger partial charge in [0.25, 0.3) is 0 Å². The highest BCUT2D eigenvalue weighted by Gasteiger charge is 2.02. The van der Waals surface area contributed by atoms with Crippen molar-refractivity contribution in [3.05, 3.63) is 40.7 Å². The summed E-state index contributed by atoms with van der Waals surface area (Å²) in [7, 11) is 0. The Kier molecular flexibility index (Phi) is 4.32. The van der Waals surface area contributed by atoms with Crippen LogP contribution in [0.5, 0.6) is 0 Å². The zero-order valence-corrected chi connectivity index (χ0v) is 12.0. The Morgan fingerprint density at radius 2 is 2.11 bits per heavy atom. The minimum absolute atomic E-state index is 0.658. The highest BCUT2D eigenvalue weighted by atomic mass is 35.5. The van der Waals surface area contributed by atoms with Crippen molar-refractivity contribution >= 4 is 23.0 Å². The number of nitrogens with one attached hydrogen (secondary N) is 1. The van der Waals surface area contributed by atoms with Gasteiger partial charge in [-0.25, -0.2) is 0 Å². The topological polar surface area (TPSA) is 55.9 Å². The lowest BCUT2D eigenvalue weighted by Crippen LogP contribution is -2.09. The van der Waals surface area contributed by atoms with Gasteiger partial charge in [-0.3, -0.25) is 4.68 Å². The molecule has 5 heteroatoms. The van der Waals surface area contributed by atoms with Crippen molar-refractivity contribution in [1.82, 2.24) is 9.78 Å². The molecule has 0 aliphatic carbocycles.